The van der Waals surface area contributed by atoms with Crippen LogP contribution in [0.3, 0.4) is 0 Å². The van der Waals surface area contributed by atoms with Crippen molar-refractivity contribution in [2.24, 2.45) is 0 Å². The molecule has 0 amide bonds. The molecule has 1 aliphatic rings. The Labute approximate surface area is 118 Å². The van der Waals surface area contributed by atoms with Crippen molar-refractivity contribution < 1.29 is 4.74 Å². The van der Waals surface area contributed by atoms with Crippen LogP contribution < -0.4 is 4.74 Å². The molecule has 0 N–H and O–H groups in total. The predicted molar refractivity (Wildman–Crippen MR) is 75.7 cm³/mol. The molecule has 1 heterocycles. The van der Waals surface area contributed by atoms with Crippen molar-refractivity contribution in [1.82, 2.24) is 0 Å². The molecule has 0 saturated heterocycles. The number of alkyl halides is 1. The van der Waals surface area contributed by atoms with Crippen molar-refractivity contribution in [2.45, 2.75) is 11.7 Å². The van der Waals surface area contributed by atoms with E-state index in [4.69, 9.17) is 27.9 Å². The minimum atomic E-state index is 0.389. The first kappa shape index (κ1) is 12.9. The summed E-state index contributed by atoms with van der Waals surface area (Å²) in [5.74, 6) is 1.79. The summed E-state index contributed by atoms with van der Waals surface area (Å²) in [5, 5.41) is 2.45. The summed E-state index contributed by atoms with van der Waals surface area (Å²) < 4.78 is 5.23. The van der Waals surface area contributed by atoms with Crippen LogP contribution in [0.1, 0.15) is 16.4 Å². The van der Waals surface area contributed by atoms with E-state index in [9.17, 15) is 0 Å². The summed E-state index contributed by atoms with van der Waals surface area (Å²) in [6, 6.07) is 2.01. The maximum atomic E-state index is 6.32. The zero-order valence-corrected chi connectivity index (χ0v) is 12.6. The normalized spacial score (nSPS) is 19.4. The molecule has 1 aliphatic heterocycles. The van der Waals surface area contributed by atoms with Gasteiger partial charge < -0.3 is 4.74 Å². The molecule has 5 heteroatoms. The lowest BCUT2D eigenvalue weighted by Crippen LogP contribution is -2.11. The van der Waals surface area contributed by atoms with Gasteiger partial charge in [0.1, 0.15) is 10.8 Å². The molecule has 88 valence electrons. The number of hydrogen-bond acceptors (Lipinski definition) is 2. The summed E-state index contributed by atoms with van der Waals surface area (Å²) in [5.41, 5.74) is 2.43. The lowest BCUT2D eigenvalue weighted by atomic mass is 10.0. The van der Waals surface area contributed by atoms with E-state index in [1.54, 1.807) is 7.11 Å². The van der Waals surface area contributed by atoms with Crippen molar-refractivity contribution in [3.63, 3.8) is 0 Å². The summed E-state index contributed by atoms with van der Waals surface area (Å²) >= 11 is 17.9. The van der Waals surface area contributed by atoms with E-state index in [-0.39, 0.29) is 0 Å². The van der Waals surface area contributed by atoms with Gasteiger partial charge in [-0.2, -0.15) is 11.8 Å². The van der Waals surface area contributed by atoms with Crippen LogP contribution in [0.25, 0.3) is 0 Å². The molecule has 0 bridgehead atoms. The molecule has 2 rings (SSSR count). The van der Waals surface area contributed by atoms with Crippen LogP contribution in [0.15, 0.2) is 6.07 Å². The molecule has 1 aromatic rings. The summed E-state index contributed by atoms with van der Waals surface area (Å²) in [6.45, 7) is 0. The average molecular weight is 342 g/mol. The van der Waals surface area contributed by atoms with Crippen molar-refractivity contribution in [2.75, 3.05) is 18.2 Å². The van der Waals surface area contributed by atoms with Crippen LogP contribution in [0.4, 0.5) is 0 Å². The van der Waals surface area contributed by atoms with Gasteiger partial charge in [0.15, 0.2) is 0 Å². The molecule has 1 unspecified atom stereocenters. The van der Waals surface area contributed by atoms with Gasteiger partial charge in [-0.1, -0.05) is 39.1 Å². The third-order valence-electron chi connectivity index (χ3n) is 2.67. The van der Waals surface area contributed by atoms with Gasteiger partial charge in [-0.25, -0.2) is 0 Å². The Morgan fingerprint density at radius 1 is 1.50 bits per heavy atom. The van der Waals surface area contributed by atoms with Crippen LogP contribution in [-0.4, -0.2) is 18.2 Å². The number of ether oxygens (including phenoxy) is 1. The van der Waals surface area contributed by atoms with Gasteiger partial charge in [0.05, 0.1) is 12.1 Å². The van der Waals surface area contributed by atoms with E-state index in [0.29, 0.717) is 21.0 Å². The maximum Gasteiger partial charge on any atom is 0.139 e. The van der Waals surface area contributed by atoms with Gasteiger partial charge in [-0.3, -0.25) is 0 Å². The zero-order chi connectivity index (χ0) is 11.7. The number of hydrogen-bond donors (Lipinski definition) is 0. The van der Waals surface area contributed by atoms with Crippen molar-refractivity contribution in [3.05, 3.63) is 27.2 Å². The van der Waals surface area contributed by atoms with Crippen LogP contribution in [0, 0.1) is 0 Å². The fourth-order valence-electron chi connectivity index (χ4n) is 1.89. The summed E-state index contributed by atoms with van der Waals surface area (Å²) in [7, 11) is 1.61. The van der Waals surface area contributed by atoms with Gasteiger partial charge in [-0.05, 0) is 29.4 Å². The molecule has 0 aliphatic carbocycles. The smallest absolute Gasteiger partial charge is 0.139 e. The highest BCUT2D eigenvalue weighted by atomic mass is 79.9. The van der Waals surface area contributed by atoms with E-state index in [0.717, 1.165) is 17.5 Å². The van der Waals surface area contributed by atoms with Gasteiger partial charge in [0.25, 0.3) is 0 Å². The molecule has 1 nitrogen and oxygen atoms in total. The van der Waals surface area contributed by atoms with Crippen molar-refractivity contribution in [3.8, 4) is 5.75 Å². The molecular weight excluding hydrogens is 331 g/mol. The minimum Gasteiger partial charge on any atom is -0.495 e. The quantitative estimate of drug-likeness (QED) is 0.719. The first-order valence-electron chi connectivity index (χ1n) is 4.91. The Morgan fingerprint density at radius 2 is 2.25 bits per heavy atom. The molecule has 1 aromatic carbocycles. The van der Waals surface area contributed by atoms with E-state index in [1.807, 2.05) is 17.8 Å². The van der Waals surface area contributed by atoms with Gasteiger partial charge in [0.2, 0.25) is 0 Å². The average Bonchev–Trinajstić information content (AvgIpc) is 2.32. The maximum absolute atomic E-state index is 6.32. The van der Waals surface area contributed by atoms with Gasteiger partial charge in [0, 0.05) is 10.6 Å². The highest BCUT2D eigenvalue weighted by Gasteiger charge is 2.26. The fraction of sp³-hybridized carbons (Fsp3) is 0.455. The third-order valence-corrected chi connectivity index (χ3v) is 5.85. The first-order valence-corrected chi connectivity index (χ1v) is 7.84. The van der Waals surface area contributed by atoms with E-state index in [2.05, 4.69) is 15.9 Å². The standard InChI is InChI=1S/C11H11BrCl2OS/c1-15-7-4-6-2-3-16-8(5-12)9(6)11(14)10(7)13/h4,8H,2-3,5H2,1H3. The molecule has 0 aromatic heterocycles. The van der Waals surface area contributed by atoms with Crippen LogP contribution in [0.5, 0.6) is 5.75 Å². The SMILES string of the molecule is COc1cc2c(c(Cl)c1Cl)C(CBr)SCC2. The monoisotopic (exact) mass is 340 g/mol. The van der Waals surface area contributed by atoms with E-state index < -0.39 is 0 Å². The molecule has 0 radical (unpaired) electrons. The molecular formula is C11H11BrCl2OS. The van der Waals surface area contributed by atoms with Crippen LogP contribution >= 0.6 is 50.9 Å². The van der Waals surface area contributed by atoms with Crippen LogP contribution in [0.2, 0.25) is 10.0 Å². The lowest BCUT2D eigenvalue weighted by Gasteiger charge is -2.26. The Bertz CT molecular complexity index is 411. The Kier molecular flexibility index (Phi) is 4.33. The first-order chi connectivity index (χ1) is 7.69. The number of thioether (sulfide) groups is 1. The Balaban J connectivity index is 2.57. The second kappa shape index (κ2) is 5.38. The predicted octanol–water partition coefficient (Wildman–Crippen LogP) is 4.73. The molecule has 1 atom stereocenters. The molecule has 16 heavy (non-hydrogen) atoms. The Morgan fingerprint density at radius 3 is 2.88 bits per heavy atom. The minimum absolute atomic E-state index is 0.389. The fourth-order valence-corrected chi connectivity index (χ4v) is 4.56. The number of benzene rings is 1. The zero-order valence-electron chi connectivity index (χ0n) is 8.73. The highest BCUT2D eigenvalue weighted by molar-refractivity contribution is 9.09. The number of aryl methyl sites for hydroxylation is 1. The summed E-state index contributed by atoms with van der Waals surface area (Å²) in [4.78, 5) is 0. The molecule has 0 fully saturated rings. The number of rotatable bonds is 2. The number of halogens is 3. The van der Waals surface area contributed by atoms with Crippen LogP contribution in [-0.2, 0) is 6.42 Å². The lowest BCUT2D eigenvalue weighted by molar-refractivity contribution is 0.414. The molecule has 0 spiro atoms. The summed E-state index contributed by atoms with van der Waals surface area (Å²) in [6.07, 6.45) is 1.02. The molecule has 0 saturated carbocycles. The van der Waals surface area contributed by atoms with E-state index in [1.165, 1.54) is 11.1 Å². The highest BCUT2D eigenvalue weighted by Crippen LogP contribution is 2.47. The number of methoxy groups -OCH3 is 1. The van der Waals surface area contributed by atoms with Crippen molar-refractivity contribution in [1.29, 1.82) is 0 Å². The second-order valence-electron chi connectivity index (χ2n) is 3.54. The number of fused-ring (bicyclic) bond motifs is 1. The van der Waals surface area contributed by atoms with Gasteiger partial charge in [-0.15, -0.1) is 0 Å². The largest absolute Gasteiger partial charge is 0.495 e. The Hall–Kier alpha value is 0.430. The van der Waals surface area contributed by atoms with Gasteiger partial charge >= 0.3 is 0 Å². The van der Waals surface area contributed by atoms with E-state index >= 15 is 0 Å². The second-order valence-corrected chi connectivity index (χ2v) is 6.26. The van der Waals surface area contributed by atoms with Crippen molar-refractivity contribution >= 4 is 50.9 Å². The topological polar surface area (TPSA) is 9.23 Å². The third kappa shape index (κ3) is 2.20.